The summed E-state index contributed by atoms with van der Waals surface area (Å²) in [6.45, 7) is 9.26. The van der Waals surface area contributed by atoms with E-state index in [0.717, 1.165) is 64.2 Å². The predicted molar refractivity (Wildman–Crippen MR) is 147 cm³/mol. The average molecular weight is 537 g/mol. The lowest BCUT2D eigenvalue weighted by atomic mass is 10.1. The fourth-order valence-electron chi connectivity index (χ4n) is 3.31. The van der Waals surface area contributed by atoms with Crippen molar-refractivity contribution < 1.29 is 38.1 Å². The van der Waals surface area contributed by atoms with Gasteiger partial charge in [-0.15, -0.1) is 0 Å². The Balaban J connectivity index is 0.000000755. The van der Waals surface area contributed by atoms with Crippen molar-refractivity contribution in [3.05, 3.63) is 35.4 Å². The van der Waals surface area contributed by atoms with Crippen LogP contribution in [-0.4, -0.2) is 50.3 Å². The molecular formula is C30H48O8. The van der Waals surface area contributed by atoms with Gasteiger partial charge in [-0.3, -0.25) is 9.59 Å². The van der Waals surface area contributed by atoms with Gasteiger partial charge < -0.3 is 18.9 Å². The number of unbranched alkanes of at least 4 members (excludes halogenated alkanes) is 7. The summed E-state index contributed by atoms with van der Waals surface area (Å²) in [6.07, 6.45) is 11.3. The van der Waals surface area contributed by atoms with Crippen molar-refractivity contribution in [3.63, 3.8) is 0 Å². The van der Waals surface area contributed by atoms with Gasteiger partial charge in [0.25, 0.3) is 0 Å². The minimum absolute atomic E-state index is 0.0664. The Bertz CT molecular complexity index is 725. The normalized spacial score (nSPS) is 10.1. The van der Waals surface area contributed by atoms with Crippen molar-refractivity contribution >= 4 is 23.9 Å². The van der Waals surface area contributed by atoms with Crippen LogP contribution >= 0.6 is 0 Å². The number of hydrogen-bond acceptors (Lipinski definition) is 8. The smallest absolute Gasteiger partial charge is 0.338 e. The third-order valence-corrected chi connectivity index (χ3v) is 5.45. The fourth-order valence-corrected chi connectivity index (χ4v) is 3.31. The molecule has 0 radical (unpaired) electrons. The summed E-state index contributed by atoms with van der Waals surface area (Å²) in [7, 11) is 0. The first-order valence-corrected chi connectivity index (χ1v) is 14.2. The molecule has 1 aromatic rings. The van der Waals surface area contributed by atoms with E-state index in [-0.39, 0.29) is 36.3 Å². The molecule has 8 heteroatoms. The highest BCUT2D eigenvalue weighted by Gasteiger charge is 2.17. The number of hydrogen-bond donors (Lipinski definition) is 0. The minimum Gasteiger partial charge on any atom is -0.466 e. The number of carbonyl (C=O) groups is 4. The van der Waals surface area contributed by atoms with E-state index in [0.29, 0.717) is 26.1 Å². The molecule has 0 bridgehead atoms. The molecule has 0 heterocycles. The lowest BCUT2D eigenvalue weighted by molar-refractivity contribution is -0.144. The van der Waals surface area contributed by atoms with Gasteiger partial charge in [0.05, 0.1) is 37.6 Å². The molecule has 0 aliphatic rings. The molecule has 1 aromatic carbocycles. The quantitative estimate of drug-likeness (QED) is 0.108. The maximum atomic E-state index is 11.5. The summed E-state index contributed by atoms with van der Waals surface area (Å²) in [4.78, 5) is 45.8. The van der Waals surface area contributed by atoms with Gasteiger partial charge in [0.15, 0.2) is 0 Å². The molecule has 0 N–H and O–H groups in total. The summed E-state index contributed by atoms with van der Waals surface area (Å²) in [5.74, 6) is -1.15. The van der Waals surface area contributed by atoms with Gasteiger partial charge in [0.2, 0.25) is 0 Å². The predicted octanol–water partition coefficient (Wildman–Crippen LogP) is 6.83. The Kier molecular flexibility index (Phi) is 22.6. The second-order valence-electron chi connectivity index (χ2n) is 8.76. The molecule has 0 unspecified atom stereocenters. The highest BCUT2D eigenvalue weighted by atomic mass is 16.5. The summed E-state index contributed by atoms with van der Waals surface area (Å²) in [5, 5.41) is 0. The maximum Gasteiger partial charge on any atom is 0.338 e. The molecule has 0 fully saturated rings. The van der Waals surface area contributed by atoms with Crippen molar-refractivity contribution in [2.75, 3.05) is 26.4 Å². The Hall–Kier alpha value is -2.90. The second-order valence-corrected chi connectivity index (χ2v) is 8.76. The minimum atomic E-state index is -0.508. The first kappa shape index (κ1) is 35.1. The topological polar surface area (TPSA) is 105 Å². The van der Waals surface area contributed by atoms with Crippen molar-refractivity contribution in [1.82, 2.24) is 0 Å². The lowest BCUT2D eigenvalue weighted by Gasteiger charge is -2.07. The van der Waals surface area contributed by atoms with E-state index in [1.807, 2.05) is 0 Å². The van der Waals surface area contributed by atoms with E-state index in [9.17, 15) is 19.2 Å². The zero-order valence-corrected chi connectivity index (χ0v) is 23.9. The summed E-state index contributed by atoms with van der Waals surface area (Å²) in [6, 6.07) is 6.44. The van der Waals surface area contributed by atoms with Crippen LogP contribution in [-0.2, 0) is 28.5 Å². The van der Waals surface area contributed by atoms with Crippen molar-refractivity contribution in [2.45, 2.75) is 105 Å². The molecule has 0 spiro atoms. The maximum absolute atomic E-state index is 11.5. The third-order valence-electron chi connectivity index (χ3n) is 5.45. The Morgan fingerprint density at radius 3 is 1.24 bits per heavy atom. The van der Waals surface area contributed by atoms with E-state index >= 15 is 0 Å². The van der Waals surface area contributed by atoms with E-state index in [1.54, 1.807) is 38.1 Å². The molecule has 0 saturated carbocycles. The Morgan fingerprint density at radius 2 is 0.895 bits per heavy atom. The van der Waals surface area contributed by atoms with Crippen molar-refractivity contribution in [2.24, 2.45) is 0 Å². The van der Waals surface area contributed by atoms with Crippen LogP contribution in [0.1, 0.15) is 125 Å². The highest BCUT2D eigenvalue weighted by Crippen LogP contribution is 2.12. The van der Waals surface area contributed by atoms with E-state index in [1.165, 1.54) is 0 Å². The number of rotatable bonds is 19. The van der Waals surface area contributed by atoms with Crippen LogP contribution in [0.2, 0.25) is 0 Å². The van der Waals surface area contributed by atoms with Gasteiger partial charge in [0.1, 0.15) is 0 Å². The van der Waals surface area contributed by atoms with Crippen LogP contribution in [0.25, 0.3) is 0 Å². The third kappa shape index (κ3) is 18.4. The molecule has 0 atom stereocenters. The van der Waals surface area contributed by atoms with E-state index in [2.05, 4.69) is 13.8 Å². The van der Waals surface area contributed by atoms with Crippen molar-refractivity contribution in [3.8, 4) is 0 Å². The second kappa shape index (κ2) is 24.4. The van der Waals surface area contributed by atoms with Gasteiger partial charge >= 0.3 is 23.9 Å². The molecule has 0 amide bonds. The lowest BCUT2D eigenvalue weighted by Crippen LogP contribution is -2.13. The van der Waals surface area contributed by atoms with Gasteiger partial charge in [-0.05, 0) is 51.7 Å². The number of carbonyl (C=O) groups excluding carboxylic acids is 4. The summed E-state index contributed by atoms with van der Waals surface area (Å²) < 4.78 is 19.9. The highest BCUT2D eigenvalue weighted by molar-refractivity contribution is 6.03. The molecule has 38 heavy (non-hydrogen) atoms. The molecule has 0 aliphatic carbocycles. The molecule has 0 aromatic heterocycles. The zero-order chi connectivity index (χ0) is 28.4. The van der Waals surface area contributed by atoms with E-state index in [4.69, 9.17) is 18.9 Å². The summed E-state index contributed by atoms with van der Waals surface area (Å²) >= 11 is 0. The molecule has 0 saturated heterocycles. The largest absolute Gasteiger partial charge is 0.466 e. The zero-order valence-electron chi connectivity index (χ0n) is 23.9. The van der Waals surface area contributed by atoms with Crippen LogP contribution in [0, 0.1) is 0 Å². The van der Waals surface area contributed by atoms with Gasteiger partial charge in [-0.2, -0.15) is 0 Å². The molecule has 0 aliphatic heterocycles. The molecule has 1 rings (SSSR count). The standard InChI is InChI=1S/C18H34O4.C12H14O4/c1-3-5-15-21-17(19)13-11-9-7-8-10-12-14-18(20)22-16-6-4-2;1-3-15-11(13)9-7-5-6-8-10(9)12(14)16-4-2/h3-16H2,1-2H3;5-8H,3-4H2,1-2H3. The van der Waals surface area contributed by atoms with E-state index < -0.39 is 11.9 Å². The Labute approximate surface area is 228 Å². The number of esters is 4. The van der Waals surface area contributed by atoms with Crippen LogP contribution in [0.15, 0.2) is 24.3 Å². The van der Waals surface area contributed by atoms with Crippen molar-refractivity contribution in [1.29, 1.82) is 0 Å². The number of benzene rings is 1. The van der Waals surface area contributed by atoms with Gasteiger partial charge in [-0.1, -0.05) is 64.5 Å². The Morgan fingerprint density at radius 1 is 0.526 bits per heavy atom. The monoisotopic (exact) mass is 536 g/mol. The van der Waals surface area contributed by atoms with Crippen LogP contribution in [0.5, 0.6) is 0 Å². The fraction of sp³-hybridized carbons (Fsp3) is 0.667. The van der Waals surface area contributed by atoms with Gasteiger partial charge in [0, 0.05) is 12.8 Å². The molecule has 216 valence electrons. The first-order valence-electron chi connectivity index (χ1n) is 14.2. The molecule has 8 nitrogen and oxygen atoms in total. The molecular weight excluding hydrogens is 488 g/mol. The van der Waals surface area contributed by atoms with Crippen LogP contribution < -0.4 is 0 Å². The first-order chi connectivity index (χ1) is 18.4. The SMILES string of the molecule is CCCCOC(=O)CCCCCCCCC(=O)OCCCC.CCOC(=O)c1ccccc1C(=O)OCC. The van der Waals surface area contributed by atoms with Crippen LogP contribution in [0.4, 0.5) is 0 Å². The summed E-state index contributed by atoms with van der Waals surface area (Å²) in [5.41, 5.74) is 0.477. The average Bonchev–Trinajstić information content (AvgIpc) is 2.91. The van der Waals surface area contributed by atoms with Gasteiger partial charge in [-0.25, -0.2) is 9.59 Å². The number of ether oxygens (including phenoxy) is 4. The van der Waals surface area contributed by atoms with Crippen LogP contribution in [0.3, 0.4) is 0 Å².